The van der Waals surface area contributed by atoms with Crippen LogP contribution in [0.4, 0.5) is 13.2 Å². The van der Waals surface area contributed by atoms with Crippen molar-refractivity contribution in [1.82, 2.24) is 9.78 Å². The molecule has 2 aromatic heterocycles. The van der Waals surface area contributed by atoms with Crippen LogP contribution in [-0.4, -0.2) is 15.5 Å². The van der Waals surface area contributed by atoms with Gasteiger partial charge in [-0.15, -0.1) is 0 Å². The number of benzene rings is 2. The van der Waals surface area contributed by atoms with Crippen molar-refractivity contribution in [3.63, 3.8) is 0 Å². The van der Waals surface area contributed by atoms with Crippen molar-refractivity contribution in [2.75, 3.05) is 0 Å². The molecule has 0 aliphatic rings. The molecule has 7 heteroatoms. The molecule has 0 aliphatic heterocycles. The molecule has 1 N–H and O–H groups in total. The molecule has 0 spiro atoms. The zero-order valence-corrected chi connectivity index (χ0v) is 17.0. The first kappa shape index (κ1) is 20.9. The average molecular weight is 425 g/mol. The van der Waals surface area contributed by atoms with Gasteiger partial charge >= 0.3 is 6.18 Å². The van der Waals surface area contributed by atoms with E-state index in [2.05, 4.69) is 12.0 Å². The molecular weight excluding hydrogens is 403 g/mol. The number of nitrogens with zero attached hydrogens (tertiary/aromatic N) is 2. The van der Waals surface area contributed by atoms with E-state index in [1.165, 1.54) is 12.1 Å². The largest absolute Gasteiger partial charge is 0.456 e. The van der Waals surface area contributed by atoms with Crippen molar-refractivity contribution in [1.29, 1.82) is 5.41 Å². The molecule has 4 rings (SSSR count). The monoisotopic (exact) mass is 425 g/mol. The van der Waals surface area contributed by atoms with E-state index in [4.69, 9.17) is 9.83 Å². The van der Waals surface area contributed by atoms with Gasteiger partial charge in [-0.25, -0.2) is 0 Å². The molecular formula is C24H22F3N3O. The number of fused-ring (bicyclic) bond motifs is 1. The molecule has 4 nitrogen and oxygen atoms in total. The number of aromatic nitrogens is 2. The SMILES string of the molecule is CCCC(=N)CCn1ncc2cc(-c3ccc(-c4ccc(C(F)(F)F)cc4)o3)ccc21. The second-order valence-electron chi connectivity index (χ2n) is 7.48. The number of halogens is 3. The molecule has 2 heterocycles. The van der Waals surface area contributed by atoms with Gasteiger partial charge in [0.2, 0.25) is 0 Å². The third kappa shape index (κ3) is 4.55. The van der Waals surface area contributed by atoms with Crippen LogP contribution in [0.25, 0.3) is 33.6 Å². The fraction of sp³-hybridized carbons (Fsp3) is 0.250. The minimum atomic E-state index is -4.36. The van der Waals surface area contributed by atoms with Gasteiger partial charge in [0.25, 0.3) is 0 Å². The number of rotatable bonds is 7. The number of furan rings is 1. The van der Waals surface area contributed by atoms with Crippen LogP contribution in [0.2, 0.25) is 0 Å². The maximum absolute atomic E-state index is 12.8. The summed E-state index contributed by atoms with van der Waals surface area (Å²) in [5.41, 5.74) is 2.48. The van der Waals surface area contributed by atoms with Crippen molar-refractivity contribution in [2.24, 2.45) is 0 Å². The third-order valence-corrected chi connectivity index (χ3v) is 5.21. The van der Waals surface area contributed by atoms with Crippen LogP contribution in [0.15, 0.2) is 65.2 Å². The summed E-state index contributed by atoms with van der Waals surface area (Å²) in [6.07, 6.45) is -0.102. The molecule has 160 valence electrons. The van der Waals surface area contributed by atoms with Gasteiger partial charge in [-0.1, -0.05) is 25.5 Å². The number of nitrogens with one attached hydrogen (secondary N) is 1. The lowest BCUT2D eigenvalue weighted by Crippen LogP contribution is -2.05. The van der Waals surface area contributed by atoms with Gasteiger partial charge in [-0.2, -0.15) is 18.3 Å². The van der Waals surface area contributed by atoms with Gasteiger partial charge in [0.05, 0.1) is 17.3 Å². The summed E-state index contributed by atoms with van der Waals surface area (Å²) in [5.74, 6) is 1.14. The maximum Gasteiger partial charge on any atom is 0.416 e. The van der Waals surface area contributed by atoms with Gasteiger partial charge in [-0.3, -0.25) is 4.68 Å². The second kappa shape index (κ2) is 8.41. The van der Waals surface area contributed by atoms with Gasteiger partial charge in [0.1, 0.15) is 11.5 Å². The van der Waals surface area contributed by atoms with Gasteiger partial charge in [-0.05, 0) is 48.9 Å². The first-order valence-corrected chi connectivity index (χ1v) is 10.1. The molecule has 4 aromatic rings. The van der Waals surface area contributed by atoms with Crippen LogP contribution < -0.4 is 0 Å². The summed E-state index contributed by atoms with van der Waals surface area (Å²) in [6, 6.07) is 14.4. The van der Waals surface area contributed by atoms with E-state index in [9.17, 15) is 13.2 Å². The highest BCUT2D eigenvalue weighted by atomic mass is 19.4. The minimum absolute atomic E-state index is 0.508. The Kier molecular flexibility index (Phi) is 5.67. The topological polar surface area (TPSA) is 54.8 Å². The van der Waals surface area contributed by atoms with Gasteiger partial charge in [0.15, 0.2) is 0 Å². The Bertz CT molecular complexity index is 1200. The van der Waals surface area contributed by atoms with Crippen molar-refractivity contribution in [3.8, 4) is 22.6 Å². The highest BCUT2D eigenvalue weighted by Crippen LogP contribution is 2.33. The zero-order chi connectivity index (χ0) is 22.0. The lowest BCUT2D eigenvalue weighted by molar-refractivity contribution is -0.137. The Balaban J connectivity index is 1.53. The quantitative estimate of drug-likeness (QED) is 0.319. The van der Waals surface area contributed by atoms with E-state index < -0.39 is 11.7 Å². The number of aryl methyl sites for hydroxylation is 1. The Labute approximate surface area is 177 Å². The second-order valence-corrected chi connectivity index (χ2v) is 7.48. The molecule has 0 unspecified atom stereocenters. The molecule has 0 atom stereocenters. The first-order chi connectivity index (χ1) is 14.8. The van der Waals surface area contributed by atoms with Crippen molar-refractivity contribution in [3.05, 3.63) is 66.4 Å². The number of hydrogen-bond acceptors (Lipinski definition) is 3. The summed E-state index contributed by atoms with van der Waals surface area (Å²) in [5, 5.41) is 13.4. The average Bonchev–Trinajstić information content (AvgIpc) is 3.39. The Morgan fingerprint density at radius 2 is 1.65 bits per heavy atom. The summed E-state index contributed by atoms with van der Waals surface area (Å²) < 4.78 is 46.1. The molecule has 2 aromatic carbocycles. The van der Waals surface area contributed by atoms with E-state index in [0.717, 1.165) is 47.2 Å². The van der Waals surface area contributed by atoms with Crippen molar-refractivity contribution in [2.45, 2.75) is 38.9 Å². The van der Waals surface area contributed by atoms with Gasteiger partial charge in [0, 0.05) is 35.2 Å². The van der Waals surface area contributed by atoms with E-state index in [1.54, 1.807) is 12.3 Å². The molecule has 0 bridgehead atoms. The molecule has 0 saturated heterocycles. The number of alkyl halides is 3. The highest BCUT2D eigenvalue weighted by molar-refractivity contribution is 5.84. The van der Waals surface area contributed by atoms with Crippen molar-refractivity contribution >= 4 is 16.6 Å². The molecule has 0 fully saturated rings. The summed E-state index contributed by atoms with van der Waals surface area (Å²) in [6.45, 7) is 2.73. The Morgan fingerprint density at radius 3 is 2.32 bits per heavy atom. The fourth-order valence-corrected chi connectivity index (χ4v) is 3.56. The van der Waals surface area contributed by atoms with E-state index in [-0.39, 0.29) is 0 Å². The third-order valence-electron chi connectivity index (χ3n) is 5.21. The van der Waals surface area contributed by atoms with Gasteiger partial charge < -0.3 is 9.83 Å². The lowest BCUT2D eigenvalue weighted by Gasteiger charge is -2.06. The zero-order valence-electron chi connectivity index (χ0n) is 17.0. The van der Waals surface area contributed by atoms with E-state index in [1.807, 2.05) is 28.9 Å². The number of hydrogen-bond donors (Lipinski definition) is 1. The Morgan fingerprint density at radius 1 is 0.968 bits per heavy atom. The predicted molar refractivity (Wildman–Crippen MR) is 115 cm³/mol. The fourth-order valence-electron chi connectivity index (χ4n) is 3.56. The molecule has 31 heavy (non-hydrogen) atoms. The standard InChI is InChI=1S/C24H22F3N3O/c1-2-3-20(28)12-13-30-21-9-6-17(14-18(21)15-29-30)23-11-10-22(31-23)16-4-7-19(8-5-16)24(25,26)27/h4-11,14-15,28H,2-3,12-13H2,1H3. The lowest BCUT2D eigenvalue weighted by atomic mass is 10.1. The molecule has 0 radical (unpaired) electrons. The Hall–Kier alpha value is -3.35. The van der Waals surface area contributed by atoms with Crippen LogP contribution in [0.3, 0.4) is 0 Å². The van der Waals surface area contributed by atoms with E-state index >= 15 is 0 Å². The minimum Gasteiger partial charge on any atom is -0.456 e. The van der Waals surface area contributed by atoms with Crippen molar-refractivity contribution < 1.29 is 17.6 Å². The summed E-state index contributed by atoms with van der Waals surface area (Å²) >= 11 is 0. The first-order valence-electron chi connectivity index (χ1n) is 10.1. The van der Waals surface area contributed by atoms with Crippen LogP contribution >= 0.6 is 0 Å². The maximum atomic E-state index is 12.8. The molecule has 0 aliphatic carbocycles. The summed E-state index contributed by atoms with van der Waals surface area (Å²) in [7, 11) is 0. The molecule has 0 amide bonds. The molecule has 0 saturated carbocycles. The normalized spacial score (nSPS) is 11.9. The highest BCUT2D eigenvalue weighted by Gasteiger charge is 2.30. The predicted octanol–water partition coefficient (Wildman–Crippen LogP) is 7.19. The van der Waals surface area contributed by atoms with Crippen LogP contribution in [0.1, 0.15) is 31.7 Å². The van der Waals surface area contributed by atoms with Crippen LogP contribution in [0.5, 0.6) is 0 Å². The summed E-state index contributed by atoms with van der Waals surface area (Å²) in [4.78, 5) is 0. The van der Waals surface area contributed by atoms with Crippen LogP contribution in [0, 0.1) is 5.41 Å². The smallest absolute Gasteiger partial charge is 0.416 e. The van der Waals surface area contributed by atoms with Crippen LogP contribution in [-0.2, 0) is 12.7 Å². The van der Waals surface area contributed by atoms with E-state index in [0.29, 0.717) is 30.0 Å².